The Bertz CT molecular complexity index is 1110. The summed E-state index contributed by atoms with van der Waals surface area (Å²) >= 11 is 1.43. The van der Waals surface area contributed by atoms with Gasteiger partial charge in [-0.25, -0.2) is 26.7 Å². The molecule has 3 heterocycles. The predicted octanol–water partition coefficient (Wildman–Crippen LogP) is 2.51. The molecule has 1 aromatic heterocycles. The van der Waals surface area contributed by atoms with E-state index in [0.29, 0.717) is 5.57 Å². The molecule has 12 heteroatoms. The number of aromatic nitrogens is 3. The summed E-state index contributed by atoms with van der Waals surface area (Å²) in [6.45, 7) is 0.368. The van der Waals surface area contributed by atoms with Crippen molar-refractivity contribution in [1.29, 1.82) is 0 Å². The van der Waals surface area contributed by atoms with Crippen LogP contribution >= 0.6 is 11.8 Å². The zero-order valence-electron chi connectivity index (χ0n) is 15.9. The lowest BCUT2D eigenvalue weighted by molar-refractivity contribution is 0.129. The molecular formula is C18H18F2N4O4S2. The molecule has 0 saturated carbocycles. The van der Waals surface area contributed by atoms with Crippen molar-refractivity contribution in [2.45, 2.75) is 24.1 Å². The molecule has 4 rings (SSSR count). The molecule has 1 aromatic carbocycles. The minimum Gasteiger partial charge on any atom is -0.442 e. The second kappa shape index (κ2) is 7.99. The summed E-state index contributed by atoms with van der Waals surface area (Å²) in [5.41, 5.74) is 0.0858. The zero-order valence-corrected chi connectivity index (χ0v) is 17.5. The second-order valence-corrected chi connectivity index (χ2v) is 10.0. The number of allylic oxidation sites excluding steroid dienone is 1. The van der Waals surface area contributed by atoms with E-state index in [-0.39, 0.29) is 42.3 Å². The van der Waals surface area contributed by atoms with Crippen molar-refractivity contribution >= 4 is 39.0 Å². The monoisotopic (exact) mass is 456 g/mol. The molecule has 0 N–H and O–H groups in total. The molecule has 2 aliphatic rings. The number of hydrogen-bond acceptors (Lipinski definition) is 7. The zero-order chi connectivity index (χ0) is 21.5. The fourth-order valence-corrected chi connectivity index (χ4v) is 4.93. The Hall–Kier alpha value is -2.47. The molecule has 1 fully saturated rings. The number of carbonyl (C=O) groups is 1. The summed E-state index contributed by atoms with van der Waals surface area (Å²) in [4.78, 5) is 13.4. The Morgan fingerprint density at radius 2 is 2.03 bits per heavy atom. The van der Waals surface area contributed by atoms with Crippen LogP contribution in [0.25, 0.3) is 5.57 Å². The summed E-state index contributed by atoms with van der Waals surface area (Å²) in [6.07, 6.45) is 3.69. The standard InChI is InChI=1S/C18H18F2N4O4S2/c1-29-16-10-23(22-21-16)8-13-9-24(18(25)28-13)12-6-14(19)17(15(20)7-12)11-2-4-30(26,27)5-3-11/h2,6-7,10,13H,3-5,8-9H2,1H3/t13-/m0/s1. The highest BCUT2D eigenvalue weighted by molar-refractivity contribution is 7.98. The van der Waals surface area contributed by atoms with E-state index in [1.54, 1.807) is 10.9 Å². The average molecular weight is 456 g/mol. The van der Waals surface area contributed by atoms with Crippen molar-refractivity contribution in [3.05, 3.63) is 41.6 Å². The van der Waals surface area contributed by atoms with Gasteiger partial charge in [0.15, 0.2) is 9.84 Å². The van der Waals surface area contributed by atoms with Gasteiger partial charge in [0.05, 0.1) is 36.5 Å². The summed E-state index contributed by atoms with van der Waals surface area (Å²) in [7, 11) is -3.21. The van der Waals surface area contributed by atoms with Crippen molar-refractivity contribution in [3.63, 3.8) is 0 Å². The normalized spacial score (nSPS) is 20.9. The van der Waals surface area contributed by atoms with Crippen LogP contribution < -0.4 is 4.90 Å². The number of nitrogens with zero attached hydrogens (tertiary/aromatic N) is 4. The van der Waals surface area contributed by atoms with Gasteiger partial charge in [0, 0.05) is 5.56 Å². The first-order valence-electron chi connectivity index (χ1n) is 9.07. The number of carbonyl (C=O) groups excluding carboxylic acids is 1. The molecule has 0 bridgehead atoms. The SMILES string of the molecule is CSc1cn(C[C@H]2CN(c3cc(F)c(C4=CCS(=O)(=O)CC4)c(F)c3)C(=O)O2)nn1. The summed E-state index contributed by atoms with van der Waals surface area (Å²) in [6, 6.07) is 2.13. The lowest BCUT2D eigenvalue weighted by Gasteiger charge is -2.18. The topological polar surface area (TPSA) is 94.4 Å². The number of ether oxygens (including phenoxy) is 1. The van der Waals surface area contributed by atoms with Crippen LogP contribution in [0.4, 0.5) is 19.3 Å². The number of sulfone groups is 1. The van der Waals surface area contributed by atoms with Gasteiger partial charge in [-0.1, -0.05) is 11.3 Å². The first-order chi connectivity index (χ1) is 14.3. The van der Waals surface area contributed by atoms with E-state index in [4.69, 9.17) is 4.74 Å². The molecule has 8 nitrogen and oxygen atoms in total. The Balaban J connectivity index is 1.53. The van der Waals surface area contributed by atoms with Gasteiger partial charge < -0.3 is 4.74 Å². The van der Waals surface area contributed by atoms with Gasteiger partial charge in [0.25, 0.3) is 0 Å². The van der Waals surface area contributed by atoms with Gasteiger partial charge in [0.2, 0.25) is 0 Å². The number of rotatable bonds is 5. The Labute approximate surface area is 175 Å². The Morgan fingerprint density at radius 3 is 2.63 bits per heavy atom. The molecule has 2 aromatic rings. The van der Waals surface area contributed by atoms with E-state index in [1.165, 1.54) is 17.8 Å². The first-order valence-corrected chi connectivity index (χ1v) is 12.1. The second-order valence-electron chi connectivity index (χ2n) is 6.98. The van der Waals surface area contributed by atoms with E-state index in [9.17, 15) is 22.0 Å². The molecule has 1 saturated heterocycles. The third kappa shape index (κ3) is 4.19. The van der Waals surface area contributed by atoms with Crippen molar-refractivity contribution in [2.24, 2.45) is 0 Å². The van der Waals surface area contributed by atoms with Gasteiger partial charge in [-0.15, -0.1) is 16.9 Å². The highest BCUT2D eigenvalue weighted by Gasteiger charge is 2.34. The maximum atomic E-state index is 14.7. The summed E-state index contributed by atoms with van der Waals surface area (Å²) in [5, 5.41) is 8.60. The highest BCUT2D eigenvalue weighted by atomic mass is 32.2. The Kier molecular flexibility index (Phi) is 5.53. The molecule has 30 heavy (non-hydrogen) atoms. The van der Waals surface area contributed by atoms with Gasteiger partial charge in [-0.3, -0.25) is 4.90 Å². The number of amides is 1. The van der Waals surface area contributed by atoms with Gasteiger partial charge in [0.1, 0.15) is 22.8 Å². The van der Waals surface area contributed by atoms with Crippen LogP contribution in [0, 0.1) is 11.6 Å². The molecule has 160 valence electrons. The fourth-order valence-electron chi connectivity index (χ4n) is 3.43. The molecule has 1 amide bonds. The van der Waals surface area contributed by atoms with Crippen molar-refractivity contribution in [1.82, 2.24) is 15.0 Å². The van der Waals surface area contributed by atoms with Gasteiger partial charge in [-0.05, 0) is 30.4 Å². The molecule has 0 spiro atoms. The minimum absolute atomic E-state index is 0.0358. The molecule has 0 aliphatic carbocycles. The first kappa shape index (κ1) is 20.8. The van der Waals surface area contributed by atoms with E-state index >= 15 is 0 Å². The van der Waals surface area contributed by atoms with Crippen LogP contribution in [-0.4, -0.2) is 59.9 Å². The maximum absolute atomic E-state index is 14.7. The summed E-state index contributed by atoms with van der Waals surface area (Å²) in [5.74, 6) is -2.11. The van der Waals surface area contributed by atoms with E-state index in [1.807, 2.05) is 6.26 Å². The molecule has 2 aliphatic heterocycles. The van der Waals surface area contributed by atoms with E-state index in [0.717, 1.165) is 22.1 Å². The third-order valence-corrected chi connectivity index (χ3v) is 7.02. The van der Waals surface area contributed by atoms with Crippen LogP contribution in [-0.2, 0) is 21.1 Å². The Morgan fingerprint density at radius 1 is 1.30 bits per heavy atom. The van der Waals surface area contributed by atoms with E-state index < -0.39 is 33.7 Å². The minimum atomic E-state index is -3.21. The smallest absolute Gasteiger partial charge is 0.414 e. The fraction of sp³-hybridized carbons (Fsp3) is 0.389. The molecule has 0 unspecified atom stereocenters. The van der Waals surface area contributed by atoms with Gasteiger partial charge >= 0.3 is 6.09 Å². The number of benzene rings is 1. The van der Waals surface area contributed by atoms with Crippen molar-refractivity contribution in [3.8, 4) is 0 Å². The lowest BCUT2D eigenvalue weighted by Crippen LogP contribution is -2.26. The molecule has 0 radical (unpaired) electrons. The number of anilines is 1. The number of cyclic esters (lactones) is 1. The number of halogens is 2. The maximum Gasteiger partial charge on any atom is 0.414 e. The van der Waals surface area contributed by atoms with Crippen LogP contribution in [0.1, 0.15) is 12.0 Å². The van der Waals surface area contributed by atoms with Crippen LogP contribution in [0.5, 0.6) is 0 Å². The summed E-state index contributed by atoms with van der Waals surface area (Å²) < 4.78 is 59.4. The average Bonchev–Trinajstić information content (AvgIpc) is 3.28. The van der Waals surface area contributed by atoms with Crippen LogP contribution in [0.3, 0.4) is 0 Å². The van der Waals surface area contributed by atoms with Gasteiger partial charge in [-0.2, -0.15) is 0 Å². The lowest BCUT2D eigenvalue weighted by atomic mass is 10.0. The van der Waals surface area contributed by atoms with Crippen LogP contribution in [0.15, 0.2) is 29.4 Å². The third-order valence-electron chi connectivity index (χ3n) is 4.92. The number of hydrogen-bond donors (Lipinski definition) is 0. The predicted molar refractivity (Wildman–Crippen MR) is 107 cm³/mol. The highest BCUT2D eigenvalue weighted by Crippen LogP contribution is 2.32. The largest absolute Gasteiger partial charge is 0.442 e. The number of thioether (sulfide) groups is 1. The van der Waals surface area contributed by atoms with E-state index in [2.05, 4.69) is 10.3 Å². The van der Waals surface area contributed by atoms with Crippen molar-refractivity contribution in [2.75, 3.05) is 29.2 Å². The molecule has 1 atom stereocenters. The van der Waals surface area contributed by atoms with Crippen LogP contribution in [0.2, 0.25) is 0 Å². The van der Waals surface area contributed by atoms with Crippen molar-refractivity contribution < 1.29 is 26.7 Å². The quantitative estimate of drug-likeness (QED) is 0.638. The molecular weight excluding hydrogens is 438 g/mol.